The fourth-order valence-corrected chi connectivity index (χ4v) is 7.42. The molecule has 1 fully saturated rings. The normalized spacial score (nSPS) is 18.4. The molecule has 2 aliphatic rings. The van der Waals surface area contributed by atoms with Crippen molar-refractivity contribution in [3.8, 4) is 0 Å². The minimum absolute atomic E-state index is 0.106. The molecule has 1 aliphatic heterocycles. The molecule has 1 saturated heterocycles. The number of amides is 1. The number of piperazine rings is 1. The molecule has 0 spiro atoms. The molecule has 43 heavy (non-hydrogen) atoms. The van der Waals surface area contributed by atoms with E-state index in [4.69, 9.17) is 0 Å². The van der Waals surface area contributed by atoms with Crippen LogP contribution in [0.3, 0.4) is 0 Å². The number of allylic oxidation sites excluding steroid dienone is 4. The number of halogens is 3. The van der Waals surface area contributed by atoms with Gasteiger partial charge < -0.3 is 10.6 Å². The molecule has 10 heteroatoms. The van der Waals surface area contributed by atoms with E-state index >= 15 is 4.39 Å². The predicted molar refractivity (Wildman–Crippen MR) is 161 cm³/mol. The number of nitrogens with zero attached hydrogens (tertiary/aromatic N) is 1. The number of rotatable bonds is 10. The van der Waals surface area contributed by atoms with Crippen molar-refractivity contribution in [1.29, 1.82) is 0 Å². The smallest absolute Gasteiger partial charge is 0.243 e. The Balaban J connectivity index is 1.33. The highest BCUT2D eigenvalue weighted by Crippen LogP contribution is 2.34. The highest BCUT2D eigenvalue weighted by atomic mass is 32.2. The van der Waals surface area contributed by atoms with E-state index < -0.39 is 39.5 Å². The number of hydrogen-bond donors (Lipinski definition) is 2. The molecule has 1 aliphatic carbocycles. The Morgan fingerprint density at radius 3 is 2.58 bits per heavy atom. The van der Waals surface area contributed by atoms with Gasteiger partial charge in [0.2, 0.25) is 15.9 Å². The first-order chi connectivity index (χ1) is 20.7. The highest BCUT2D eigenvalue weighted by molar-refractivity contribution is 7.89. The molecule has 5 rings (SSSR count). The number of benzene rings is 3. The summed E-state index contributed by atoms with van der Waals surface area (Å²) in [6.07, 6.45) is 4.41. The van der Waals surface area contributed by atoms with Crippen molar-refractivity contribution in [3.63, 3.8) is 0 Å². The van der Waals surface area contributed by atoms with Crippen LogP contribution < -0.4 is 10.6 Å². The van der Waals surface area contributed by atoms with E-state index in [1.165, 1.54) is 34.6 Å². The third-order valence-corrected chi connectivity index (χ3v) is 9.86. The lowest BCUT2D eigenvalue weighted by molar-refractivity contribution is -0.116. The fraction of sp³-hybridized carbons (Fsp3) is 0.303. The first-order valence-electron chi connectivity index (χ1n) is 14.4. The number of carbonyl (C=O) groups is 1. The largest absolute Gasteiger partial charge is 0.326 e. The van der Waals surface area contributed by atoms with Gasteiger partial charge in [-0.3, -0.25) is 4.79 Å². The summed E-state index contributed by atoms with van der Waals surface area (Å²) >= 11 is 0. The van der Waals surface area contributed by atoms with E-state index in [1.807, 2.05) is 6.08 Å². The summed E-state index contributed by atoms with van der Waals surface area (Å²) in [5.74, 6) is -2.30. The molecule has 1 unspecified atom stereocenters. The highest BCUT2D eigenvalue weighted by Gasteiger charge is 2.33. The Morgan fingerprint density at radius 2 is 1.81 bits per heavy atom. The van der Waals surface area contributed by atoms with Gasteiger partial charge in [-0.2, -0.15) is 4.31 Å². The van der Waals surface area contributed by atoms with Crippen molar-refractivity contribution in [2.45, 2.75) is 49.0 Å². The van der Waals surface area contributed by atoms with Crippen molar-refractivity contribution < 1.29 is 26.4 Å². The second kappa shape index (κ2) is 13.7. The van der Waals surface area contributed by atoms with Gasteiger partial charge in [-0.1, -0.05) is 42.5 Å². The molecule has 1 amide bonds. The molecule has 2 atom stereocenters. The summed E-state index contributed by atoms with van der Waals surface area (Å²) < 4.78 is 71.7. The molecule has 6 nitrogen and oxygen atoms in total. The first kappa shape index (κ1) is 30.7. The summed E-state index contributed by atoms with van der Waals surface area (Å²) in [6, 6.07) is 18.1. The number of carbonyl (C=O) groups excluding carboxylic acids is 1. The maximum absolute atomic E-state index is 15.2. The summed E-state index contributed by atoms with van der Waals surface area (Å²) in [5, 5.41) is 6.04. The van der Waals surface area contributed by atoms with Gasteiger partial charge in [-0.25, -0.2) is 21.6 Å². The lowest BCUT2D eigenvalue weighted by Crippen LogP contribution is -2.53. The average Bonchev–Trinajstić information content (AvgIpc) is 3.00. The molecule has 3 aromatic rings. The predicted octanol–water partition coefficient (Wildman–Crippen LogP) is 6.25. The van der Waals surface area contributed by atoms with E-state index in [0.717, 1.165) is 0 Å². The zero-order valence-electron chi connectivity index (χ0n) is 23.6. The summed E-state index contributed by atoms with van der Waals surface area (Å²) in [4.78, 5) is 13.6. The number of anilines is 1. The SMILES string of the molecule is O=C(CC(C1=CCCC(F)=C1)c1cccc(F)c1)Nc1cccc(F)c1CC[C@H]1CNCCN1S(=O)(=O)c1ccccc1. The third-order valence-electron chi connectivity index (χ3n) is 7.90. The van der Waals surface area contributed by atoms with Gasteiger partial charge in [0.1, 0.15) is 17.5 Å². The van der Waals surface area contributed by atoms with E-state index in [1.54, 1.807) is 48.5 Å². The molecule has 1 heterocycles. The van der Waals surface area contributed by atoms with E-state index in [-0.39, 0.29) is 47.8 Å². The van der Waals surface area contributed by atoms with Gasteiger partial charge in [-0.05, 0) is 72.9 Å². The maximum Gasteiger partial charge on any atom is 0.243 e. The van der Waals surface area contributed by atoms with Crippen LogP contribution >= 0.6 is 0 Å². The van der Waals surface area contributed by atoms with E-state index in [2.05, 4.69) is 10.6 Å². The Labute approximate surface area is 250 Å². The van der Waals surface area contributed by atoms with Crippen molar-refractivity contribution in [3.05, 3.63) is 119 Å². The number of sulfonamides is 1. The van der Waals surface area contributed by atoms with Crippen LogP contribution in [0.4, 0.5) is 18.9 Å². The van der Waals surface area contributed by atoms with Gasteiger partial charge in [0.25, 0.3) is 0 Å². The Bertz CT molecular complexity index is 1630. The van der Waals surface area contributed by atoms with E-state index in [0.29, 0.717) is 37.1 Å². The van der Waals surface area contributed by atoms with Crippen molar-refractivity contribution in [2.75, 3.05) is 25.0 Å². The zero-order valence-corrected chi connectivity index (χ0v) is 24.4. The van der Waals surface area contributed by atoms with Crippen LogP contribution in [0, 0.1) is 11.6 Å². The Morgan fingerprint density at radius 1 is 1.02 bits per heavy atom. The van der Waals surface area contributed by atoms with Gasteiger partial charge >= 0.3 is 0 Å². The molecule has 0 aromatic heterocycles. The molecular formula is C33H34F3N3O3S. The van der Waals surface area contributed by atoms with Gasteiger partial charge in [-0.15, -0.1) is 0 Å². The Hall–Kier alpha value is -3.73. The number of nitrogens with one attached hydrogen (secondary N) is 2. The Kier molecular flexibility index (Phi) is 9.79. The second-order valence-corrected chi connectivity index (χ2v) is 12.7. The molecular weight excluding hydrogens is 575 g/mol. The summed E-state index contributed by atoms with van der Waals surface area (Å²) in [7, 11) is -3.75. The molecule has 0 radical (unpaired) electrons. The maximum atomic E-state index is 15.2. The summed E-state index contributed by atoms with van der Waals surface area (Å²) in [6.45, 7) is 1.21. The standard InChI is InChI=1S/C33H34F3N3O3S/c34-25-9-4-7-23(19-25)30(24-8-5-10-26(35)20-24)21-33(40)38-32-14-6-13-31(36)29(32)16-15-27-22-37-17-18-39(27)43(41,42)28-11-2-1-3-12-28/h1-4,6-9,11-14,19-20,27,30,37H,5,10,15-18,21-22H2,(H,38,40)/t27-,30?/m0/s1. The molecule has 3 aromatic carbocycles. The van der Waals surface area contributed by atoms with Crippen LogP contribution in [0.25, 0.3) is 0 Å². The molecule has 226 valence electrons. The average molecular weight is 610 g/mol. The molecule has 2 N–H and O–H groups in total. The third kappa shape index (κ3) is 7.44. The van der Waals surface area contributed by atoms with Crippen LogP contribution in [0.1, 0.15) is 42.7 Å². The second-order valence-electron chi connectivity index (χ2n) is 10.8. The van der Waals surface area contributed by atoms with Crippen molar-refractivity contribution >= 4 is 21.6 Å². The molecule has 0 saturated carbocycles. The van der Waals surface area contributed by atoms with Crippen LogP contribution in [-0.2, 0) is 21.2 Å². The van der Waals surface area contributed by atoms with Gasteiger partial charge in [0.05, 0.1) is 4.90 Å². The monoisotopic (exact) mass is 609 g/mol. The lowest BCUT2D eigenvalue weighted by Gasteiger charge is -2.35. The van der Waals surface area contributed by atoms with Gasteiger partial charge in [0, 0.05) is 55.7 Å². The quantitative estimate of drug-likeness (QED) is 0.285. The van der Waals surface area contributed by atoms with Crippen LogP contribution in [-0.4, -0.2) is 44.3 Å². The minimum Gasteiger partial charge on any atom is -0.326 e. The van der Waals surface area contributed by atoms with Crippen LogP contribution in [0.2, 0.25) is 0 Å². The summed E-state index contributed by atoms with van der Waals surface area (Å²) in [5.41, 5.74) is 1.68. The minimum atomic E-state index is -3.75. The lowest BCUT2D eigenvalue weighted by atomic mass is 9.85. The first-order valence-corrected chi connectivity index (χ1v) is 15.8. The van der Waals surface area contributed by atoms with E-state index in [9.17, 15) is 22.0 Å². The van der Waals surface area contributed by atoms with Crippen molar-refractivity contribution in [1.82, 2.24) is 9.62 Å². The van der Waals surface area contributed by atoms with Gasteiger partial charge in [0.15, 0.2) is 0 Å². The zero-order chi connectivity index (χ0) is 30.4. The topological polar surface area (TPSA) is 78.5 Å². The van der Waals surface area contributed by atoms with Crippen molar-refractivity contribution in [2.24, 2.45) is 0 Å². The number of hydrogen-bond acceptors (Lipinski definition) is 4. The van der Waals surface area contributed by atoms with Crippen LogP contribution in [0.15, 0.2) is 101 Å². The fourth-order valence-electron chi connectivity index (χ4n) is 5.74. The van der Waals surface area contributed by atoms with Crippen LogP contribution in [0.5, 0.6) is 0 Å². The molecule has 0 bridgehead atoms.